The minimum atomic E-state index is -4.47. The van der Waals surface area contributed by atoms with Gasteiger partial charge in [-0.3, -0.25) is 4.79 Å². The molecule has 1 rings (SSSR count). The van der Waals surface area contributed by atoms with Crippen LogP contribution in [0.25, 0.3) is 0 Å². The molecule has 14 heteroatoms. The maximum atomic E-state index is 12.1. The van der Waals surface area contributed by atoms with Crippen molar-refractivity contribution in [2.24, 2.45) is 0 Å². The summed E-state index contributed by atoms with van der Waals surface area (Å²) in [6.07, 6.45) is 2.71. The van der Waals surface area contributed by atoms with Crippen molar-refractivity contribution >= 4 is 51.7 Å². The Balaban J connectivity index is 3.59. The fourth-order valence-electron chi connectivity index (χ4n) is 1.34. The van der Waals surface area contributed by atoms with Crippen LogP contribution in [0.2, 0.25) is 0 Å². The standard InChI is InChI=1S/C8H10BrN3O7S3/c1-20(14,15)7-5(9)4-10-6(11-7)8(13)12(21(2,16)17)22(3,18)19/h4H,1-3H3. The molecule has 0 aliphatic carbocycles. The van der Waals surface area contributed by atoms with E-state index in [1.54, 1.807) is 0 Å². The van der Waals surface area contributed by atoms with Gasteiger partial charge in [0.1, 0.15) is 0 Å². The second kappa shape index (κ2) is 5.82. The van der Waals surface area contributed by atoms with Crippen molar-refractivity contribution in [2.75, 3.05) is 18.8 Å². The third-order valence-electron chi connectivity index (χ3n) is 2.02. The van der Waals surface area contributed by atoms with Crippen molar-refractivity contribution in [1.29, 1.82) is 0 Å². The molecular formula is C8H10BrN3O7S3. The van der Waals surface area contributed by atoms with Gasteiger partial charge >= 0.3 is 5.91 Å². The number of hydrogen-bond acceptors (Lipinski definition) is 9. The molecule has 0 fully saturated rings. The first-order valence-corrected chi connectivity index (χ1v) is 11.5. The predicted octanol–water partition coefficient (Wildman–Crippen LogP) is -0.996. The van der Waals surface area contributed by atoms with Crippen LogP contribution in [0, 0.1) is 0 Å². The van der Waals surface area contributed by atoms with Crippen molar-refractivity contribution in [3.63, 3.8) is 0 Å². The van der Waals surface area contributed by atoms with Gasteiger partial charge in [0.05, 0.1) is 17.0 Å². The smallest absolute Gasteiger partial charge is 0.263 e. The summed E-state index contributed by atoms with van der Waals surface area (Å²) in [5.74, 6) is -2.47. The van der Waals surface area contributed by atoms with Gasteiger partial charge in [-0.05, 0) is 15.9 Å². The van der Waals surface area contributed by atoms with Crippen LogP contribution in [0.3, 0.4) is 0 Å². The zero-order valence-corrected chi connectivity index (χ0v) is 15.4. The Hall–Kier alpha value is -1.12. The van der Waals surface area contributed by atoms with Gasteiger partial charge in [0, 0.05) is 12.5 Å². The Labute approximate surface area is 135 Å². The van der Waals surface area contributed by atoms with Crippen LogP contribution in [0.5, 0.6) is 0 Å². The number of carbonyl (C=O) groups excluding carboxylic acids is 1. The van der Waals surface area contributed by atoms with Crippen LogP contribution in [0.1, 0.15) is 10.6 Å². The summed E-state index contributed by atoms with van der Waals surface area (Å²) in [6.45, 7) is 0. The second-order valence-corrected chi connectivity index (χ2v) is 10.8. The van der Waals surface area contributed by atoms with Gasteiger partial charge in [-0.15, -0.1) is 3.71 Å². The lowest BCUT2D eigenvalue weighted by Gasteiger charge is -2.16. The molecule has 0 atom stereocenters. The summed E-state index contributed by atoms with van der Waals surface area (Å²) in [5.41, 5.74) is 0. The first-order valence-electron chi connectivity index (χ1n) is 5.13. The largest absolute Gasteiger partial charge is 0.319 e. The van der Waals surface area contributed by atoms with Crippen LogP contribution in [-0.4, -0.2) is 63.6 Å². The molecule has 1 heterocycles. The quantitative estimate of drug-likeness (QED) is 0.542. The van der Waals surface area contributed by atoms with E-state index >= 15 is 0 Å². The van der Waals surface area contributed by atoms with Gasteiger partial charge in [0.2, 0.25) is 25.9 Å². The maximum Gasteiger partial charge on any atom is 0.319 e. The lowest BCUT2D eigenvalue weighted by molar-refractivity contribution is 0.0911. The Morgan fingerprint density at radius 2 is 1.50 bits per heavy atom. The fourth-order valence-corrected chi connectivity index (χ4v) is 5.81. The van der Waals surface area contributed by atoms with E-state index < -0.39 is 50.4 Å². The highest BCUT2D eigenvalue weighted by atomic mass is 79.9. The van der Waals surface area contributed by atoms with Gasteiger partial charge in [0.25, 0.3) is 0 Å². The van der Waals surface area contributed by atoms with Gasteiger partial charge in [0.15, 0.2) is 14.9 Å². The van der Waals surface area contributed by atoms with Crippen LogP contribution in [0.15, 0.2) is 15.7 Å². The highest BCUT2D eigenvalue weighted by Crippen LogP contribution is 2.19. The minimum absolute atomic E-state index is 0.0585. The molecule has 1 amide bonds. The Kier molecular flexibility index (Phi) is 5.01. The number of nitrogens with zero attached hydrogens (tertiary/aromatic N) is 3. The van der Waals surface area contributed by atoms with E-state index in [4.69, 9.17) is 0 Å². The Morgan fingerprint density at radius 3 is 1.86 bits per heavy atom. The van der Waals surface area contributed by atoms with Crippen molar-refractivity contribution in [3.8, 4) is 0 Å². The fraction of sp³-hybridized carbons (Fsp3) is 0.375. The molecule has 0 unspecified atom stereocenters. The number of carbonyl (C=O) groups is 1. The van der Waals surface area contributed by atoms with E-state index in [0.717, 1.165) is 12.5 Å². The zero-order chi connectivity index (χ0) is 17.5. The Morgan fingerprint density at radius 1 is 1.05 bits per heavy atom. The number of sulfonamides is 2. The molecule has 0 N–H and O–H groups in total. The van der Waals surface area contributed by atoms with Crippen molar-refractivity contribution < 1.29 is 30.0 Å². The van der Waals surface area contributed by atoms with Gasteiger partial charge in [-0.1, -0.05) is 0 Å². The first kappa shape index (κ1) is 18.9. The Bertz CT molecular complexity index is 905. The molecule has 0 aliphatic rings. The number of hydrogen-bond donors (Lipinski definition) is 0. The lowest BCUT2D eigenvalue weighted by Crippen LogP contribution is -2.41. The molecule has 0 spiro atoms. The summed E-state index contributed by atoms with van der Waals surface area (Å²) in [4.78, 5) is 18.9. The molecule has 0 aromatic carbocycles. The summed E-state index contributed by atoms with van der Waals surface area (Å²) in [7, 11) is -12.8. The molecule has 0 saturated heterocycles. The van der Waals surface area contributed by atoms with Gasteiger partial charge in [-0.25, -0.2) is 35.2 Å². The van der Waals surface area contributed by atoms with Crippen molar-refractivity contribution in [2.45, 2.75) is 5.03 Å². The average molecular weight is 436 g/mol. The number of sulfone groups is 1. The molecule has 0 bridgehead atoms. The second-order valence-electron chi connectivity index (χ2n) is 4.15. The van der Waals surface area contributed by atoms with Crippen LogP contribution in [-0.2, 0) is 29.9 Å². The topological polar surface area (TPSA) is 149 Å². The normalized spacial score (nSPS) is 12.9. The molecular weight excluding hydrogens is 426 g/mol. The van der Waals surface area contributed by atoms with Crippen LogP contribution >= 0.6 is 15.9 Å². The monoisotopic (exact) mass is 435 g/mol. The molecule has 0 aliphatic heterocycles. The van der Waals surface area contributed by atoms with Gasteiger partial charge in [-0.2, -0.15) is 0 Å². The third-order valence-corrected chi connectivity index (χ3v) is 7.04. The summed E-state index contributed by atoms with van der Waals surface area (Å²) in [6, 6.07) is 0. The van der Waals surface area contributed by atoms with Gasteiger partial charge < -0.3 is 0 Å². The molecule has 0 radical (unpaired) electrons. The molecule has 1 aromatic heterocycles. The zero-order valence-electron chi connectivity index (χ0n) is 11.4. The third kappa shape index (κ3) is 4.21. The van der Waals surface area contributed by atoms with E-state index in [1.807, 2.05) is 0 Å². The maximum absolute atomic E-state index is 12.1. The van der Waals surface area contributed by atoms with E-state index in [0.29, 0.717) is 12.5 Å². The van der Waals surface area contributed by atoms with Crippen LogP contribution < -0.4 is 0 Å². The minimum Gasteiger partial charge on any atom is -0.263 e. The average Bonchev–Trinajstić information content (AvgIpc) is 2.23. The number of aromatic nitrogens is 2. The molecule has 124 valence electrons. The summed E-state index contributed by atoms with van der Waals surface area (Å²) >= 11 is 2.87. The highest BCUT2D eigenvalue weighted by Gasteiger charge is 2.35. The molecule has 22 heavy (non-hydrogen) atoms. The molecule has 1 aromatic rings. The number of rotatable bonds is 4. The number of amides is 1. The summed E-state index contributed by atoms with van der Waals surface area (Å²) < 4.78 is 68.5. The SMILES string of the molecule is CS(=O)(=O)c1nc(C(=O)N(S(C)(=O)=O)S(C)(=O)=O)ncc1Br. The molecule has 0 saturated carbocycles. The molecule has 10 nitrogen and oxygen atoms in total. The van der Waals surface area contributed by atoms with E-state index in [1.165, 1.54) is 0 Å². The lowest BCUT2D eigenvalue weighted by atomic mass is 10.5. The van der Waals surface area contributed by atoms with Crippen molar-refractivity contribution in [3.05, 3.63) is 16.5 Å². The van der Waals surface area contributed by atoms with E-state index in [9.17, 15) is 30.0 Å². The number of halogens is 1. The van der Waals surface area contributed by atoms with E-state index in [-0.39, 0.29) is 4.47 Å². The van der Waals surface area contributed by atoms with Crippen LogP contribution in [0.4, 0.5) is 0 Å². The van der Waals surface area contributed by atoms with Crippen molar-refractivity contribution in [1.82, 2.24) is 13.7 Å². The highest BCUT2D eigenvalue weighted by molar-refractivity contribution is 9.10. The first-order chi connectivity index (χ1) is 9.65. The predicted molar refractivity (Wildman–Crippen MR) is 78.7 cm³/mol. The summed E-state index contributed by atoms with van der Waals surface area (Å²) in [5, 5.41) is -0.576. The van der Waals surface area contributed by atoms with E-state index in [2.05, 4.69) is 25.9 Å².